The van der Waals surface area contributed by atoms with Crippen LogP contribution in [0.3, 0.4) is 0 Å². The summed E-state index contributed by atoms with van der Waals surface area (Å²) < 4.78 is 16.0. The van der Waals surface area contributed by atoms with Crippen LogP contribution in [0, 0.1) is 0 Å². The van der Waals surface area contributed by atoms with Crippen LogP contribution in [0.5, 0.6) is 5.75 Å². The summed E-state index contributed by atoms with van der Waals surface area (Å²) in [6.07, 6.45) is -1.64. The predicted octanol–water partition coefficient (Wildman–Crippen LogP) is 2.51. The molecule has 30 heavy (non-hydrogen) atoms. The molecule has 0 radical (unpaired) electrons. The third-order valence-electron chi connectivity index (χ3n) is 5.00. The molecule has 2 aromatic carbocycles. The molecule has 1 fully saturated rings. The first-order valence-corrected chi connectivity index (χ1v) is 9.71. The summed E-state index contributed by atoms with van der Waals surface area (Å²) in [5.74, 6) is -0.794. The van der Waals surface area contributed by atoms with E-state index < -0.39 is 30.2 Å². The maximum Gasteiger partial charge on any atom is 0.303 e. The number of carbonyl (C=O) groups is 3. The lowest BCUT2D eigenvalue weighted by atomic mass is 10.00. The van der Waals surface area contributed by atoms with Crippen molar-refractivity contribution in [3.63, 3.8) is 0 Å². The highest BCUT2D eigenvalue weighted by Gasteiger charge is 2.52. The molecule has 1 saturated heterocycles. The topological polar surface area (TPSA) is 82.1 Å². The van der Waals surface area contributed by atoms with Crippen LogP contribution in [0.2, 0.25) is 0 Å². The van der Waals surface area contributed by atoms with Gasteiger partial charge in [0.05, 0.1) is 13.2 Å². The Morgan fingerprint density at radius 3 is 2.10 bits per heavy atom. The molecule has 0 aliphatic carbocycles. The molecule has 1 unspecified atom stereocenters. The fourth-order valence-electron chi connectivity index (χ4n) is 3.68. The van der Waals surface area contributed by atoms with Gasteiger partial charge in [0.15, 0.2) is 6.10 Å². The van der Waals surface area contributed by atoms with Crippen LogP contribution in [-0.2, 0) is 36.8 Å². The molecule has 7 nitrogen and oxygen atoms in total. The second kappa shape index (κ2) is 9.43. The van der Waals surface area contributed by atoms with E-state index in [1.165, 1.54) is 13.8 Å². The molecule has 158 valence electrons. The fourth-order valence-corrected chi connectivity index (χ4v) is 3.68. The zero-order valence-electron chi connectivity index (χ0n) is 17.2. The zero-order chi connectivity index (χ0) is 21.7. The van der Waals surface area contributed by atoms with Crippen LogP contribution in [-0.4, -0.2) is 48.1 Å². The number of carbonyl (C=O) groups excluding carboxylic acids is 3. The summed E-state index contributed by atoms with van der Waals surface area (Å²) in [6, 6.07) is 16.5. The molecule has 2 aromatic rings. The van der Waals surface area contributed by atoms with E-state index in [0.29, 0.717) is 13.0 Å². The Labute approximate surface area is 175 Å². The molecule has 3 rings (SSSR count). The number of methoxy groups -OCH3 is 1. The Bertz CT molecular complexity index is 896. The first-order valence-electron chi connectivity index (χ1n) is 9.71. The molecule has 1 aliphatic heterocycles. The molecule has 1 heterocycles. The molecule has 1 amide bonds. The lowest BCUT2D eigenvalue weighted by Crippen LogP contribution is -2.41. The van der Waals surface area contributed by atoms with Crippen LogP contribution >= 0.6 is 0 Å². The van der Waals surface area contributed by atoms with Crippen LogP contribution in [0.4, 0.5) is 0 Å². The summed E-state index contributed by atoms with van der Waals surface area (Å²) in [4.78, 5) is 38.2. The summed E-state index contributed by atoms with van der Waals surface area (Å²) in [6.45, 7) is 2.83. The van der Waals surface area contributed by atoms with Crippen LogP contribution < -0.4 is 4.74 Å². The largest absolute Gasteiger partial charge is 0.497 e. The van der Waals surface area contributed by atoms with Gasteiger partial charge in [0.1, 0.15) is 5.75 Å². The highest BCUT2D eigenvalue weighted by Crippen LogP contribution is 2.30. The summed E-state index contributed by atoms with van der Waals surface area (Å²) >= 11 is 0. The molecule has 0 bridgehead atoms. The van der Waals surface area contributed by atoms with Gasteiger partial charge in [-0.2, -0.15) is 0 Å². The van der Waals surface area contributed by atoms with Gasteiger partial charge in [-0.1, -0.05) is 42.5 Å². The van der Waals surface area contributed by atoms with E-state index >= 15 is 0 Å². The Balaban J connectivity index is 1.95. The SMILES string of the molecule is COc1ccc(CC2[C@H](OC(C)=O)[C@@H](OC(C)=O)C(=O)N2Cc2ccccc2)cc1. The minimum absolute atomic E-state index is 0.316. The molecule has 0 spiro atoms. The maximum atomic E-state index is 13.2. The quantitative estimate of drug-likeness (QED) is 0.651. The van der Waals surface area contributed by atoms with Gasteiger partial charge < -0.3 is 19.1 Å². The third kappa shape index (κ3) is 4.97. The number of benzene rings is 2. The first kappa shape index (κ1) is 21.4. The standard InChI is InChI=1S/C23H25NO6/c1-15(25)29-21-20(13-17-9-11-19(28-3)12-10-17)24(14-18-7-5-4-6-8-18)23(27)22(21)30-16(2)26/h4-12,20-22H,13-14H2,1-3H3/t20?,21-,22+/m0/s1. The van der Waals surface area contributed by atoms with Gasteiger partial charge in [-0.15, -0.1) is 0 Å². The molecule has 0 N–H and O–H groups in total. The Kier molecular flexibility index (Phi) is 6.72. The minimum atomic E-state index is -1.17. The van der Waals surface area contributed by atoms with Gasteiger partial charge in [-0.25, -0.2) is 0 Å². The van der Waals surface area contributed by atoms with Gasteiger partial charge in [-0.3, -0.25) is 14.4 Å². The van der Waals surface area contributed by atoms with Gasteiger partial charge >= 0.3 is 11.9 Å². The number of esters is 2. The van der Waals surface area contributed by atoms with E-state index in [1.807, 2.05) is 54.6 Å². The van der Waals surface area contributed by atoms with Crippen molar-refractivity contribution in [2.45, 2.75) is 45.1 Å². The second-order valence-corrected chi connectivity index (χ2v) is 7.18. The summed E-state index contributed by atoms with van der Waals surface area (Å²) in [7, 11) is 1.59. The number of ether oxygens (including phenoxy) is 3. The van der Waals surface area contributed by atoms with Gasteiger partial charge in [-0.05, 0) is 29.7 Å². The Hall–Kier alpha value is -3.35. The number of likely N-dealkylation sites (tertiary alicyclic amines) is 1. The number of hydrogen-bond donors (Lipinski definition) is 0. The smallest absolute Gasteiger partial charge is 0.303 e. The van der Waals surface area contributed by atoms with Crippen LogP contribution in [0.1, 0.15) is 25.0 Å². The minimum Gasteiger partial charge on any atom is -0.497 e. The molecule has 1 aliphatic rings. The van der Waals surface area contributed by atoms with Crippen molar-refractivity contribution >= 4 is 17.8 Å². The van der Waals surface area contributed by atoms with Gasteiger partial charge in [0.2, 0.25) is 6.10 Å². The van der Waals surface area contributed by atoms with Crippen LogP contribution in [0.25, 0.3) is 0 Å². The molecular weight excluding hydrogens is 386 g/mol. The van der Waals surface area contributed by atoms with Crippen molar-refractivity contribution < 1.29 is 28.6 Å². The van der Waals surface area contributed by atoms with E-state index in [0.717, 1.165) is 16.9 Å². The van der Waals surface area contributed by atoms with E-state index in [-0.39, 0.29) is 5.91 Å². The van der Waals surface area contributed by atoms with Crippen LogP contribution in [0.15, 0.2) is 54.6 Å². The first-order chi connectivity index (χ1) is 14.4. The van der Waals surface area contributed by atoms with Crippen molar-refractivity contribution in [3.8, 4) is 5.75 Å². The Morgan fingerprint density at radius 1 is 0.900 bits per heavy atom. The zero-order valence-corrected chi connectivity index (χ0v) is 17.2. The number of amides is 1. The fraction of sp³-hybridized carbons (Fsp3) is 0.348. The summed E-state index contributed by atoms with van der Waals surface area (Å²) in [5.41, 5.74) is 1.86. The third-order valence-corrected chi connectivity index (χ3v) is 5.00. The average molecular weight is 411 g/mol. The van der Waals surface area contributed by atoms with Gasteiger partial charge in [0, 0.05) is 20.4 Å². The average Bonchev–Trinajstić information content (AvgIpc) is 2.94. The molecule has 3 atom stereocenters. The van der Waals surface area contributed by atoms with E-state index in [1.54, 1.807) is 12.0 Å². The van der Waals surface area contributed by atoms with Crippen molar-refractivity contribution in [2.75, 3.05) is 7.11 Å². The monoisotopic (exact) mass is 411 g/mol. The number of hydrogen-bond acceptors (Lipinski definition) is 6. The molecule has 0 saturated carbocycles. The molecular formula is C23H25NO6. The Morgan fingerprint density at radius 2 is 1.53 bits per heavy atom. The lowest BCUT2D eigenvalue weighted by Gasteiger charge is -2.27. The van der Waals surface area contributed by atoms with E-state index in [4.69, 9.17) is 14.2 Å². The summed E-state index contributed by atoms with van der Waals surface area (Å²) in [5, 5.41) is 0. The van der Waals surface area contributed by atoms with Crippen molar-refractivity contribution in [3.05, 3.63) is 65.7 Å². The normalized spacial score (nSPS) is 20.7. The highest BCUT2D eigenvalue weighted by molar-refractivity contribution is 5.87. The highest BCUT2D eigenvalue weighted by atomic mass is 16.6. The van der Waals surface area contributed by atoms with Crippen molar-refractivity contribution in [2.24, 2.45) is 0 Å². The number of rotatable bonds is 7. The molecule has 0 aromatic heterocycles. The van der Waals surface area contributed by atoms with E-state index in [2.05, 4.69) is 0 Å². The number of nitrogens with zero attached hydrogens (tertiary/aromatic N) is 1. The maximum absolute atomic E-state index is 13.2. The second-order valence-electron chi connectivity index (χ2n) is 7.18. The van der Waals surface area contributed by atoms with E-state index in [9.17, 15) is 14.4 Å². The van der Waals surface area contributed by atoms with Gasteiger partial charge in [0.25, 0.3) is 5.91 Å². The van der Waals surface area contributed by atoms with Crippen molar-refractivity contribution in [1.82, 2.24) is 4.90 Å². The molecule has 7 heteroatoms. The predicted molar refractivity (Wildman–Crippen MR) is 109 cm³/mol. The van der Waals surface area contributed by atoms with Crippen molar-refractivity contribution in [1.29, 1.82) is 0 Å². The lowest BCUT2D eigenvalue weighted by molar-refractivity contribution is -0.166.